The second-order valence-corrected chi connectivity index (χ2v) is 6.09. The average Bonchev–Trinajstić information content (AvgIpc) is 2.98. The molecule has 5 heteroatoms. The van der Waals surface area contributed by atoms with E-state index < -0.39 is 5.97 Å². The molecule has 27 heavy (non-hydrogen) atoms. The molecule has 1 aromatic heterocycles. The van der Waals surface area contributed by atoms with Crippen LogP contribution < -0.4 is 4.74 Å². The van der Waals surface area contributed by atoms with E-state index in [1.165, 1.54) is 0 Å². The number of aliphatic carboxylic acids is 1. The van der Waals surface area contributed by atoms with Crippen LogP contribution in [0.5, 0.6) is 5.75 Å². The minimum absolute atomic E-state index is 0.0817. The summed E-state index contributed by atoms with van der Waals surface area (Å²) in [5, 5.41) is 9.88. The van der Waals surface area contributed by atoms with Gasteiger partial charge in [0.25, 0.3) is 5.91 Å². The highest BCUT2D eigenvalue weighted by Gasteiger charge is 2.17. The second kappa shape index (κ2) is 7.79. The first kappa shape index (κ1) is 18.3. The van der Waals surface area contributed by atoms with Gasteiger partial charge in [-0.3, -0.25) is 14.2 Å². The fraction of sp³-hybridized carbons (Fsp3) is 0.182. The van der Waals surface area contributed by atoms with Gasteiger partial charge in [-0.05, 0) is 55.8 Å². The zero-order valence-electron chi connectivity index (χ0n) is 15.2. The molecule has 0 atom stereocenters. The molecule has 0 bridgehead atoms. The largest absolute Gasteiger partial charge is 0.481 e. The molecule has 2 aromatic carbocycles. The van der Waals surface area contributed by atoms with Gasteiger partial charge in [0, 0.05) is 16.6 Å². The highest BCUT2D eigenvalue weighted by Crippen LogP contribution is 2.25. The van der Waals surface area contributed by atoms with Crippen molar-refractivity contribution in [3.8, 4) is 17.6 Å². The number of rotatable bonds is 5. The predicted octanol–water partition coefficient (Wildman–Crippen LogP) is 3.67. The van der Waals surface area contributed by atoms with Gasteiger partial charge >= 0.3 is 5.97 Å². The van der Waals surface area contributed by atoms with E-state index in [1.807, 2.05) is 19.1 Å². The number of carboxylic acids is 1. The number of hydrogen-bond donors (Lipinski definition) is 1. The maximum Gasteiger partial charge on any atom is 0.307 e. The first-order chi connectivity index (χ1) is 13.0. The topological polar surface area (TPSA) is 68.5 Å². The molecule has 0 amide bonds. The number of carbonyl (C=O) groups is 2. The number of aryl methyl sites for hydroxylation is 1. The molecule has 0 radical (unpaired) electrons. The molecule has 0 aliphatic heterocycles. The van der Waals surface area contributed by atoms with E-state index >= 15 is 0 Å². The van der Waals surface area contributed by atoms with E-state index in [2.05, 4.69) is 11.8 Å². The van der Waals surface area contributed by atoms with Crippen LogP contribution in [-0.2, 0) is 11.2 Å². The summed E-state index contributed by atoms with van der Waals surface area (Å²) in [4.78, 5) is 24.1. The van der Waals surface area contributed by atoms with Crippen molar-refractivity contribution in [2.45, 2.75) is 20.3 Å². The SMILES string of the molecule is CC#CCOc1ccc(C(=O)n2c(C)cc3c(CC(=O)O)cccc32)cc1. The second-order valence-electron chi connectivity index (χ2n) is 6.09. The van der Waals surface area contributed by atoms with E-state index in [1.54, 1.807) is 47.9 Å². The van der Waals surface area contributed by atoms with Crippen LogP contribution in [0.4, 0.5) is 0 Å². The third-order valence-corrected chi connectivity index (χ3v) is 4.25. The molecule has 136 valence electrons. The van der Waals surface area contributed by atoms with Crippen molar-refractivity contribution < 1.29 is 19.4 Å². The Kier molecular flexibility index (Phi) is 5.28. The third kappa shape index (κ3) is 3.85. The van der Waals surface area contributed by atoms with Gasteiger partial charge in [0.15, 0.2) is 0 Å². The Morgan fingerprint density at radius 3 is 2.56 bits per heavy atom. The normalized spacial score (nSPS) is 10.3. The van der Waals surface area contributed by atoms with Gasteiger partial charge in [0.05, 0.1) is 11.9 Å². The van der Waals surface area contributed by atoms with Crippen LogP contribution in [0, 0.1) is 18.8 Å². The van der Waals surface area contributed by atoms with Gasteiger partial charge in [-0.1, -0.05) is 18.1 Å². The quantitative estimate of drug-likeness (QED) is 0.704. The summed E-state index contributed by atoms with van der Waals surface area (Å²) in [5.41, 5.74) is 2.67. The molecule has 0 unspecified atom stereocenters. The van der Waals surface area contributed by atoms with Crippen LogP contribution in [-0.4, -0.2) is 28.2 Å². The minimum atomic E-state index is -0.900. The Balaban J connectivity index is 1.94. The minimum Gasteiger partial charge on any atom is -0.481 e. The molecule has 0 aliphatic rings. The summed E-state index contributed by atoms with van der Waals surface area (Å²) in [5.74, 6) is 5.15. The molecule has 1 heterocycles. The van der Waals surface area contributed by atoms with Crippen LogP contribution in [0.2, 0.25) is 0 Å². The molecule has 5 nitrogen and oxygen atoms in total. The van der Waals surface area contributed by atoms with Crippen LogP contribution in [0.15, 0.2) is 48.5 Å². The molecular formula is C22H19NO4. The van der Waals surface area contributed by atoms with E-state index in [4.69, 9.17) is 9.84 Å². The van der Waals surface area contributed by atoms with Crippen molar-refractivity contribution >= 4 is 22.8 Å². The lowest BCUT2D eigenvalue weighted by molar-refractivity contribution is -0.136. The molecule has 3 aromatic rings. The number of aromatic nitrogens is 1. The lowest BCUT2D eigenvalue weighted by atomic mass is 10.1. The smallest absolute Gasteiger partial charge is 0.307 e. The summed E-state index contributed by atoms with van der Waals surface area (Å²) in [6, 6.07) is 14.1. The van der Waals surface area contributed by atoms with Crippen molar-refractivity contribution in [3.63, 3.8) is 0 Å². The molecule has 0 spiro atoms. The molecule has 0 fully saturated rings. The highest BCUT2D eigenvalue weighted by atomic mass is 16.5. The van der Waals surface area contributed by atoms with Gasteiger partial charge < -0.3 is 9.84 Å². The highest BCUT2D eigenvalue weighted by molar-refractivity contribution is 6.04. The van der Waals surface area contributed by atoms with E-state index in [9.17, 15) is 9.59 Å². The lowest BCUT2D eigenvalue weighted by Crippen LogP contribution is -2.13. The Labute approximate surface area is 157 Å². The van der Waals surface area contributed by atoms with Gasteiger partial charge in [0.2, 0.25) is 0 Å². The molecule has 0 saturated carbocycles. The van der Waals surface area contributed by atoms with Crippen molar-refractivity contribution in [2.75, 3.05) is 6.61 Å². The first-order valence-corrected chi connectivity index (χ1v) is 8.50. The van der Waals surface area contributed by atoms with E-state index in [-0.39, 0.29) is 12.3 Å². The van der Waals surface area contributed by atoms with E-state index in [0.717, 1.165) is 11.1 Å². The Morgan fingerprint density at radius 2 is 1.89 bits per heavy atom. The van der Waals surface area contributed by atoms with Crippen molar-refractivity contribution in [2.24, 2.45) is 0 Å². The lowest BCUT2D eigenvalue weighted by Gasteiger charge is -2.09. The van der Waals surface area contributed by atoms with Gasteiger partial charge in [-0.15, -0.1) is 5.92 Å². The summed E-state index contributed by atoms with van der Waals surface area (Å²) in [6.45, 7) is 3.89. The molecule has 0 saturated heterocycles. The molecule has 1 N–H and O–H groups in total. The summed E-state index contributed by atoms with van der Waals surface area (Å²) < 4.78 is 7.08. The molecular weight excluding hydrogens is 342 g/mol. The monoisotopic (exact) mass is 361 g/mol. The Morgan fingerprint density at radius 1 is 1.15 bits per heavy atom. The zero-order chi connectivity index (χ0) is 19.4. The number of nitrogens with zero attached hydrogens (tertiary/aromatic N) is 1. The Hall–Kier alpha value is -3.52. The number of hydrogen-bond acceptors (Lipinski definition) is 3. The van der Waals surface area contributed by atoms with Crippen molar-refractivity contribution in [3.05, 3.63) is 65.4 Å². The summed E-state index contributed by atoms with van der Waals surface area (Å²) in [6.07, 6.45) is -0.0817. The van der Waals surface area contributed by atoms with Crippen LogP contribution in [0.1, 0.15) is 28.5 Å². The molecule has 3 rings (SSSR count). The number of carbonyl (C=O) groups excluding carboxylic acids is 1. The predicted molar refractivity (Wildman–Crippen MR) is 103 cm³/mol. The van der Waals surface area contributed by atoms with Crippen molar-refractivity contribution in [1.29, 1.82) is 0 Å². The number of carboxylic acid groups (broad SMARTS) is 1. The van der Waals surface area contributed by atoms with Crippen LogP contribution >= 0.6 is 0 Å². The summed E-state index contributed by atoms with van der Waals surface area (Å²) in [7, 11) is 0. The van der Waals surface area contributed by atoms with Crippen molar-refractivity contribution in [1.82, 2.24) is 4.57 Å². The summed E-state index contributed by atoms with van der Waals surface area (Å²) >= 11 is 0. The maximum absolute atomic E-state index is 13.0. The fourth-order valence-corrected chi connectivity index (χ4v) is 3.03. The first-order valence-electron chi connectivity index (χ1n) is 8.50. The van der Waals surface area contributed by atoms with Crippen LogP contribution in [0.25, 0.3) is 10.9 Å². The molecule has 0 aliphatic carbocycles. The van der Waals surface area contributed by atoms with Crippen LogP contribution in [0.3, 0.4) is 0 Å². The maximum atomic E-state index is 13.0. The third-order valence-electron chi connectivity index (χ3n) is 4.25. The van der Waals surface area contributed by atoms with Gasteiger partial charge in [-0.25, -0.2) is 0 Å². The Bertz CT molecular complexity index is 1070. The number of fused-ring (bicyclic) bond motifs is 1. The average molecular weight is 361 g/mol. The van der Waals surface area contributed by atoms with Gasteiger partial charge in [-0.2, -0.15) is 0 Å². The fourth-order valence-electron chi connectivity index (χ4n) is 3.03. The number of ether oxygens (including phenoxy) is 1. The standard InChI is InChI=1S/C22H19NO4/c1-3-4-12-27-18-10-8-16(9-11-18)22(26)23-15(2)13-19-17(14-21(24)25)6-5-7-20(19)23/h5-11,13H,12,14H2,1-2H3,(H,24,25). The zero-order valence-corrected chi connectivity index (χ0v) is 15.2. The van der Waals surface area contributed by atoms with E-state index in [0.29, 0.717) is 29.0 Å². The number of benzene rings is 2. The van der Waals surface area contributed by atoms with Gasteiger partial charge in [0.1, 0.15) is 12.4 Å².